The Morgan fingerprint density at radius 1 is 1.42 bits per heavy atom. The van der Waals surface area contributed by atoms with Crippen LogP contribution in [0.3, 0.4) is 0 Å². The van der Waals surface area contributed by atoms with Gasteiger partial charge in [-0.1, -0.05) is 11.3 Å². The molecule has 0 radical (unpaired) electrons. The van der Waals surface area contributed by atoms with Crippen molar-refractivity contribution >= 4 is 11.3 Å². The van der Waals surface area contributed by atoms with E-state index in [1.165, 1.54) is 17.4 Å². The van der Waals surface area contributed by atoms with E-state index in [-0.39, 0.29) is 5.56 Å². The molecular weight excluding hydrogens is 174 g/mol. The highest BCUT2D eigenvalue weighted by molar-refractivity contribution is 7.12. The molecule has 4 nitrogen and oxygen atoms in total. The first kappa shape index (κ1) is 7.17. The molecule has 60 valence electrons. The molecule has 0 amide bonds. The number of aromatic amines is 1. The van der Waals surface area contributed by atoms with E-state index in [4.69, 9.17) is 0 Å². The van der Waals surface area contributed by atoms with Gasteiger partial charge in [0, 0.05) is 17.8 Å². The zero-order valence-corrected chi connectivity index (χ0v) is 6.84. The summed E-state index contributed by atoms with van der Waals surface area (Å²) >= 11 is 1.44. The summed E-state index contributed by atoms with van der Waals surface area (Å²) in [6.45, 7) is 0. The molecule has 0 saturated carbocycles. The Morgan fingerprint density at radius 3 is 2.92 bits per heavy atom. The number of H-pyrrole nitrogens is 1. The normalized spacial score (nSPS) is 10.0. The van der Waals surface area contributed by atoms with Crippen LogP contribution >= 0.6 is 11.3 Å². The van der Waals surface area contributed by atoms with Crippen molar-refractivity contribution < 1.29 is 0 Å². The van der Waals surface area contributed by atoms with E-state index in [0.29, 0.717) is 0 Å². The number of nitrogens with one attached hydrogen (secondary N) is 1. The number of rotatable bonds is 1. The molecule has 0 aliphatic carbocycles. The molecule has 0 saturated heterocycles. The summed E-state index contributed by atoms with van der Waals surface area (Å²) in [4.78, 5) is 13.3. The topological polar surface area (TPSA) is 58.6 Å². The maximum absolute atomic E-state index is 10.7. The second-order valence-electron chi connectivity index (χ2n) is 2.19. The summed E-state index contributed by atoms with van der Waals surface area (Å²) in [5.41, 5.74) is 2.43. The number of pyridine rings is 1. The fraction of sp³-hybridized carbons (Fsp3) is 0. The van der Waals surface area contributed by atoms with Crippen LogP contribution in [0.25, 0.3) is 10.6 Å². The number of hydrogen-bond acceptors (Lipinski definition) is 4. The smallest absolute Gasteiger partial charge is 0.247 e. The van der Waals surface area contributed by atoms with Crippen molar-refractivity contribution in [3.05, 3.63) is 34.2 Å². The standard InChI is InChI=1S/C7H5N3OS/c11-6-2-1-5(3-8-6)7-10-9-4-12-7/h1-4H,(H,8,11). The molecule has 5 heteroatoms. The van der Waals surface area contributed by atoms with Crippen molar-refractivity contribution in [3.8, 4) is 10.6 Å². The van der Waals surface area contributed by atoms with Gasteiger partial charge in [-0.2, -0.15) is 0 Å². The third kappa shape index (κ3) is 1.26. The first-order valence-electron chi connectivity index (χ1n) is 3.31. The molecule has 2 rings (SSSR count). The van der Waals surface area contributed by atoms with Gasteiger partial charge in [0.2, 0.25) is 5.56 Å². The van der Waals surface area contributed by atoms with Crippen LogP contribution in [0.4, 0.5) is 0 Å². The van der Waals surface area contributed by atoms with Crippen LogP contribution in [0, 0.1) is 0 Å². The Bertz CT molecular complexity index is 400. The van der Waals surface area contributed by atoms with Crippen LogP contribution in [-0.4, -0.2) is 15.2 Å². The lowest BCUT2D eigenvalue weighted by molar-refractivity contribution is 1.09. The molecule has 0 fully saturated rings. The molecule has 0 aromatic carbocycles. The van der Waals surface area contributed by atoms with E-state index in [1.54, 1.807) is 17.8 Å². The van der Waals surface area contributed by atoms with Crippen molar-refractivity contribution in [2.45, 2.75) is 0 Å². The molecule has 2 aromatic heterocycles. The summed E-state index contributed by atoms with van der Waals surface area (Å²) in [5.74, 6) is 0. The van der Waals surface area contributed by atoms with Gasteiger partial charge in [0.1, 0.15) is 10.5 Å². The van der Waals surface area contributed by atoms with Crippen molar-refractivity contribution in [3.63, 3.8) is 0 Å². The highest BCUT2D eigenvalue weighted by Crippen LogP contribution is 2.17. The monoisotopic (exact) mass is 179 g/mol. The van der Waals surface area contributed by atoms with Gasteiger partial charge in [-0.05, 0) is 6.07 Å². The molecule has 12 heavy (non-hydrogen) atoms. The van der Waals surface area contributed by atoms with Crippen LogP contribution in [0.1, 0.15) is 0 Å². The fourth-order valence-electron chi connectivity index (χ4n) is 0.842. The van der Waals surface area contributed by atoms with Crippen molar-refractivity contribution in [2.24, 2.45) is 0 Å². The minimum Gasteiger partial charge on any atom is -0.328 e. The molecule has 0 aliphatic heterocycles. The fourth-order valence-corrected chi connectivity index (χ4v) is 1.39. The molecular formula is C7H5N3OS. The zero-order chi connectivity index (χ0) is 8.39. The minimum absolute atomic E-state index is 0.108. The Hall–Kier alpha value is -1.49. The molecule has 0 unspecified atom stereocenters. The van der Waals surface area contributed by atoms with Gasteiger partial charge >= 0.3 is 0 Å². The summed E-state index contributed by atoms with van der Waals surface area (Å²) in [7, 11) is 0. The summed E-state index contributed by atoms with van der Waals surface area (Å²) < 4.78 is 0. The van der Waals surface area contributed by atoms with E-state index < -0.39 is 0 Å². The van der Waals surface area contributed by atoms with Gasteiger partial charge in [0.25, 0.3) is 0 Å². The summed E-state index contributed by atoms with van der Waals surface area (Å²) in [6.07, 6.45) is 1.63. The van der Waals surface area contributed by atoms with Gasteiger partial charge in [-0.15, -0.1) is 10.2 Å². The Morgan fingerprint density at radius 2 is 2.33 bits per heavy atom. The first-order chi connectivity index (χ1) is 5.86. The van der Waals surface area contributed by atoms with Crippen LogP contribution in [-0.2, 0) is 0 Å². The van der Waals surface area contributed by atoms with Gasteiger partial charge in [-0.25, -0.2) is 0 Å². The van der Waals surface area contributed by atoms with Crippen molar-refractivity contribution in [2.75, 3.05) is 0 Å². The Kier molecular flexibility index (Phi) is 1.71. The largest absolute Gasteiger partial charge is 0.328 e. The predicted octanol–water partition coefficient (Wildman–Crippen LogP) is 0.893. The number of nitrogens with zero attached hydrogens (tertiary/aromatic N) is 2. The van der Waals surface area contributed by atoms with Gasteiger partial charge in [0.05, 0.1) is 0 Å². The van der Waals surface area contributed by atoms with Gasteiger partial charge in [-0.3, -0.25) is 4.79 Å². The zero-order valence-electron chi connectivity index (χ0n) is 6.02. The van der Waals surface area contributed by atoms with Gasteiger partial charge < -0.3 is 4.98 Å². The average molecular weight is 179 g/mol. The quantitative estimate of drug-likeness (QED) is 0.707. The lowest BCUT2D eigenvalue weighted by Gasteiger charge is -1.90. The van der Waals surface area contributed by atoms with Crippen LogP contribution < -0.4 is 5.56 Å². The van der Waals surface area contributed by atoms with E-state index in [9.17, 15) is 4.79 Å². The second kappa shape index (κ2) is 2.86. The molecule has 2 heterocycles. The van der Waals surface area contributed by atoms with E-state index in [2.05, 4.69) is 15.2 Å². The second-order valence-corrected chi connectivity index (χ2v) is 3.02. The SMILES string of the molecule is O=c1ccc(-c2nncs2)c[nH]1. The van der Waals surface area contributed by atoms with E-state index in [0.717, 1.165) is 10.6 Å². The maximum atomic E-state index is 10.7. The average Bonchev–Trinajstić information content (AvgIpc) is 2.58. The van der Waals surface area contributed by atoms with Crippen molar-refractivity contribution in [1.82, 2.24) is 15.2 Å². The van der Waals surface area contributed by atoms with Crippen molar-refractivity contribution in [1.29, 1.82) is 0 Å². The van der Waals surface area contributed by atoms with Gasteiger partial charge in [0.15, 0.2) is 0 Å². The van der Waals surface area contributed by atoms with E-state index >= 15 is 0 Å². The predicted molar refractivity (Wildman–Crippen MR) is 46.0 cm³/mol. The molecule has 0 atom stereocenters. The van der Waals surface area contributed by atoms with Crippen LogP contribution in [0.5, 0.6) is 0 Å². The van der Waals surface area contributed by atoms with Crippen LogP contribution in [0.15, 0.2) is 28.6 Å². The first-order valence-corrected chi connectivity index (χ1v) is 4.19. The maximum Gasteiger partial charge on any atom is 0.247 e. The Labute approximate surface area is 71.9 Å². The third-order valence-electron chi connectivity index (χ3n) is 1.39. The highest BCUT2D eigenvalue weighted by Gasteiger charge is 1.99. The number of aromatic nitrogens is 3. The lowest BCUT2D eigenvalue weighted by atomic mass is 10.3. The third-order valence-corrected chi connectivity index (χ3v) is 2.13. The van der Waals surface area contributed by atoms with Crippen LogP contribution in [0.2, 0.25) is 0 Å². The van der Waals surface area contributed by atoms with E-state index in [1.807, 2.05) is 0 Å². The lowest BCUT2D eigenvalue weighted by Crippen LogP contribution is -2.01. The molecule has 0 aliphatic rings. The number of hydrogen-bond donors (Lipinski definition) is 1. The summed E-state index contributed by atoms with van der Waals surface area (Å²) in [5, 5.41) is 8.37. The minimum atomic E-state index is -0.108. The molecule has 0 spiro atoms. The highest BCUT2D eigenvalue weighted by atomic mass is 32.1. The molecule has 1 N–H and O–H groups in total. The Balaban J connectivity index is 2.49. The summed E-state index contributed by atoms with van der Waals surface area (Å²) in [6, 6.07) is 3.19. The molecule has 2 aromatic rings. The molecule has 0 bridgehead atoms.